The Morgan fingerprint density at radius 3 is 3.06 bits per heavy atom. The van der Waals surface area contributed by atoms with Gasteiger partial charge in [-0.15, -0.1) is 0 Å². The van der Waals surface area contributed by atoms with E-state index in [0.29, 0.717) is 11.1 Å². The Morgan fingerprint density at radius 2 is 2.38 bits per heavy atom. The topological polar surface area (TPSA) is 28.2 Å². The van der Waals surface area contributed by atoms with E-state index in [1.807, 2.05) is 19.2 Å². The minimum Gasteiger partial charge on any atom is -0.352 e. The molecule has 1 unspecified atom stereocenters. The zero-order valence-electron chi connectivity index (χ0n) is 9.62. The molecule has 0 aliphatic carbocycles. The van der Waals surface area contributed by atoms with E-state index in [1.165, 1.54) is 19.3 Å². The zero-order valence-corrected chi connectivity index (χ0v) is 10.4. The number of nitrogens with zero attached hydrogens (tertiary/aromatic N) is 2. The number of hydrogen-bond acceptors (Lipinski definition) is 3. The normalized spacial score (nSPS) is 21.1. The highest BCUT2D eigenvalue weighted by Crippen LogP contribution is 2.23. The number of anilines is 1. The van der Waals surface area contributed by atoms with Gasteiger partial charge in [0.15, 0.2) is 0 Å². The van der Waals surface area contributed by atoms with Gasteiger partial charge in [0.05, 0.1) is 5.02 Å². The van der Waals surface area contributed by atoms with Gasteiger partial charge in [0.1, 0.15) is 5.82 Å². The van der Waals surface area contributed by atoms with Crippen LogP contribution in [0.3, 0.4) is 0 Å². The molecule has 1 aliphatic heterocycles. The molecule has 2 heterocycles. The third kappa shape index (κ3) is 2.66. The van der Waals surface area contributed by atoms with Gasteiger partial charge in [0, 0.05) is 25.3 Å². The SMILES string of the molecule is CNCC1CCCCN1c1ccc(Cl)cn1. The van der Waals surface area contributed by atoms with Crippen molar-refractivity contribution in [2.75, 3.05) is 25.0 Å². The maximum absolute atomic E-state index is 5.85. The molecule has 1 atom stereocenters. The second kappa shape index (κ2) is 5.51. The van der Waals surface area contributed by atoms with Crippen molar-refractivity contribution >= 4 is 17.4 Å². The molecule has 16 heavy (non-hydrogen) atoms. The standard InChI is InChI=1S/C12H18ClN3/c1-14-9-11-4-2-3-7-16(11)12-6-5-10(13)8-15-12/h5-6,8,11,14H,2-4,7,9H2,1H3. The lowest BCUT2D eigenvalue weighted by Crippen LogP contribution is -2.45. The first-order valence-electron chi connectivity index (χ1n) is 5.84. The molecule has 1 aromatic rings. The van der Waals surface area contributed by atoms with Crippen molar-refractivity contribution in [3.63, 3.8) is 0 Å². The van der Waals surface area contributed by atoms with Crippen LogP contribution >= 0.6 is 11.6 Å². The van der Waals surface area contributed by atoms with Crippen LogP contribution in [0.25, 0.3) is 0 Å². The van der Waals surface area contributed by atoms with Crippen LogP contribution in [0.1, 0.15) is 19.3 Å². The van der Waals surface area contributed by atoms with Crippen LogP contribution in [0.4, 0.5) is 5.82 Å². The molecule has 1 N–H and O–H groups in total. The van der Waals surface area contributed by atoms with Crippen molar-refractivity contribution in [2.24, 2.45) is 0 Å². The van der Waals surface area contributed by atoms with E-state index in [0.717, 1.165) is 18.9 Å². The largest absolute Gasteiger partial charge is 0.352 e. The predicted molar refractivity (Wildman–Crippen MR) is 68.2 cm³/mol. The molecular weight excluding hydrogens is 222 g/mol. The van der Waals surface area contributed by atoms with E-state index < -0.39 is 0 Å². The fourth-order valence-corrected chi connectivity index (χ4v) is 2.40. The molecule has 1 aliphatic rings. The van der Waals surface area contributed by atoms with Gasteiger partial charge in [-0.05, 0) is 38.4 Å². The van der Waals surface area contributed by atoms with Gasteiger partial charge in [0.25, 0.3) is 0 Å². The second-order valence-corrected chi connectivity index (χ2v) is 4.67. The molecule has 0 saturated carbocycles. The Hall–Kier alpha value is -0.800. The fraction of sp³-hybridized carbons (Fsp3) is 0.583. The Kier molecular flexibility index (Phi) is 4.02. The lowest BCUT2D eigenvalue weighted by atomic mass is 10.0. The highest BCUT2D eigenvalue weighted by molar-refractivity contribution is 6.30. The summed E-state index contributed by atoms with van der Waals surface area (Å²) in [7, 11) is 2.00. The summed E-state index contributed by atoms with van der Waals surface area (Å²) in [5.74, 6) is 1.05. The maximum atomic E-state index is 5.85. The van der Waals surface area contributed by atoms with Crippen LogP contribution in [-0.4, -0.2) is 31.2 Å². The average molecular weight is 240 g/mol. The smallest absolute Gasteiger partial charge is 0.128 e. The number of pyridine rings is 1. The quantitative estimate of drug-likeness (QED) is 0.878. The summed E-state index contributed by atoms with van der Waals surface area (Å²) in [6.07, 6.45) is 5.54. The van der Waals surface area contributed by atoms with Crippen LogP contribution in [0, 0.1) is 0 Å². The van der Waals surface area contributed by atoms with E-state index in [-0.39, 0.29) is 0 Å². The van der Waals surface area contributed by atoms with Crippen LogP contribution in [0.5, 0.6) is 0 Å². The minimum absolute atomic E-state index is 0.562. The van der Waals surface area contributed by atoms with Gasteiger partial charge >= 0.3 is 0 Å². The van der Waals surface area contributed by atoms with Gasteiger partial charge in [-0.1, -0.05) is 11.6 Å². The van der Waals surface area contributed by atoms with Gasteiger partial charge < -0.3 is 10.2 Å². The molecule has 4 heteroatoms. The summed E-state index contributed by atoms with van der Waals surface area (Å²) in [6, 6.07) is 4.48. The van der Waals surface area contributed by atoms with Crippen molar-refractivity contribution < 1.29 is 0 Å². The van der Waals surface area contributed by atoms with Crippen LogP contribution in [0.15, 0.2) is 18.3 Å². The molecule has 0 aromatic carbocycles. The van der Waals surface area contributed by atoms with Gasteiger partial charge in [-0.25, -0.2) is 4.98 Å². The summed E-state index contributed by atoms with van der Waals surface area (Å²) < 4.78 is 0. The Morgan fingerprint density at radius 1 is 1.50 bits per heavy atom. The molecule has 88 valence electrons. The third-order valence-electron chi connectivity index (χ3n) is 3.07. The van der Waals surface area contributed by atoms with Crippen molar-refractivity contribution in [2.45, 2.75) is 25.3 Å². The summed E-state index contributed by atoms with van der Waals surface area (Å²) in [5.41, 5.74) is 0. The Bertz CT molecular complexity index is 324. The number of piperidine rings is 1. The van der Waals surface area contributed by atoms with E-state index in [4.69, 9.17) is 11.6 Å². The first-order valence-corrected chi connectivity index (χ1v) is 6.22. The number of aromatic nitrogens is 1. The lowest BCUT2D eigenvalue weighted by molar-refractivity contribution is 0.443. The number of nitrogens with one attached hydrogen (secondary N) is 1. The third-order valence-corrected chi connectivity index (χ3v) is 3.30. The highest BCUT2D eigenvalue weighted by atomic mass is 35.5. The van der Waals surface area contributed by atoms with Crippen molar-refractivity contribution in [3.05, 3.63) is 23.4 Å². The maximum Gasteiger partial charge on any atom is 0.128 e. The number of likely N-dealkylation sites (N-methyl/N-ethyl adjacent to an activating group) is 1. The summed E-state index contributed by atoms with van der Waals surface area (Å²) in [4.78, 5) is 6.79. The molecule has 2 rings (SSSR count). The van der Waals surface area contributed by atoms with E-state index >= 15 is 0 Å². The molecule has 1 fully saturated rings. The second-order valence-electron chi connectivity index (χ2n) is 4.24. The number of rotatable bonds is 3. The van der Waals surface area contributed by atoms with Crippen molar-refractivity contribution in [1.29, 1.82) is 0 Å². The molecule has 0 bridgehead atoms. The molecule has 0 radical (unpaired) electrons. The number of halogens is 1. The van der Waals surface area contributed by atoms with E-state index in [1.54, 1.807) is 6.20 Å². The van der Waals surface area contributed by atoms with Gasteiger partial charge in [-0.2, -0.15) is 0 Å². The lowest BCUT2D eigenvalue weighted by Gasteiger charge is -2.36. The van der Waals surface area contributed by atoms with E-state index in [2.05, 4.69) is 15.2 Å². The fourth-order valence-electron chi connectivity index (χ4n) is 2.29. The van der Waals surface area contributed by atoms with Crippen molar-refractivity contribution in [1.82, 2.24) is 10.3 Å². The Labute approximate surface area is 102 Å². The molecular formula is C12H18ClN3. The molecule has 3 nitrogen and oxygen atoms in total. The summed E-state index contributed by atoms with van der Waals surface area (Å²) >= 11 is 5.85. The summed E-state index contributed by atoms with van der Waals surface area (Å²) in [6.45, 7) is 2.12. The van der Waals surface area contributed by atoms with E-state index in [9.17, 15) is 0 Å². The van der Waals surface area contributed by atoms with Gasteiger partial charge in [0.2, 0.25) is 0 Å². The molecule has 0 spiro atoms. The first-order chi connectivity index (χ1) is 7.81. The first kappa shape index (κ1) is 11.7. The number of hydrogen-bond donors (Lipinski definition) is 1. The molecule has 1 saturated heterocycles. The average Bonchev–Trinajstić information content (AvgIpc) is 2.32. The van der Waals surface area contributed by atoms with Crippen LogP contribution in [-0.2, 0) is 0 Å². The monoisotopic (exact) mass is 239 g/mol. The minimum atomic E-state index is 0.562. The Balaban J connectivity index is 2.13. The van der Waals surface area contributed by atoms with Crippen molar-refractivity contribution in [3.8, 4) is 0 Å². The molecule has 0 amide bonds. The van der Waals surface area contributed by atoms with Gasteiger partial charge in [-0.3, -0.25) is 0 Å². The summed E-state index contributed by atoms with van der Waals surface area (Å²) in [5, 5.41) is 3.95. The van der Waals surface area contributed by atoms with Crippen LogP contribution in [0.2, 0.25) is 5.02 Å². The zero-order chi connectivity index (χ0) is 11.4. The van der Waals surface area contributed by atoms with Crippen LogP contribution < -0.4 is 10.2 Å². The molecule has 1 aromatic heterocycles. The highest BCUT2D eigenvalue weighted by Gasteiger charge is 2.22. The predicted octanol–water partition coefficient (Wildman–Crippen LogP) is 2.31.